The molecule has 5 heteroatoms. The molecule has 0 spiro atoms. The van der Waals surface area contributed by atoms with Gasteiger partial charge in [0.15, 0.2) is 0 Å². The Kier molecular flexibility index (Phi) is 6.14. The summed E-state index contributed by atoms with van der Waals surface area (Å²) in [6.45, 7) is 7.74. The number of carbonyl (C=O) groups excluding carboxylic acids is 1. The fourth-order valence-electron chi connectivity index (χ4n) is 1.66. The first-order valence-electron chi connectivity index (χ1n) is 6.36. The van der Waals surface area contributed by atoms with Crippen molar-refractivity contribution in [2.45, 2.75) is 13.8 Å². The average molecular weight is 250 g/mol. The second kappa shape index (κ2) is 7.66. The zero-order chi connectivity index (χ0) is 13.4. The molecule has 5 nitrogen and oxygen atoms in total. The van der Waals surface area contributed by atoms with E-state index >= 15 is 0 Å². The number of nitrogens with zero attached hydrogens (tertiary/aromatic N) is 2. The van der Waals surface area contributed by atoms with Crippen molar-refractivity contribution in [2.75, 3.05) is 38.5 Å². The summed E-state index contributed by atoms with van der Waals surface area (Å²) in [5.41, 5.74) is 0.446. The zero-order valence-electron chi connectivity index (χ0n) is 11.4. The monoisotopic (exact) mass is 250 g/mol. The summed E-state index contributed by atoms with van der Waals surface area (Å²) in [6, 6.07) is 5.36. The number of rotatable bonds is 7. The lowest BCUT2D eigenvalue weighted by Gasteiger charge is -2.17. The molecule has 2 N–H and O–H groups in total. The summed E-state index contributed by atoms with van der Waals surface area (Å²) in [4.78, 5) is 18.3. The van der Waals surface area contributed by atoms with E-state index in [1.54, 1.807) is 13.1 Å². The average Bonchev–Trinajstić information content (AvgIpc) is 2.43. The zero-order valence-corrected chi connectivity index (χ0v) is 11.4. The number of pyridine rings is 1. The normalized spacial score (nSPS) is 10.4. The van der Waals surface area contributed by atoms with Crippen molar-refractivity contribution in [1.82, 2.24) is 15.2 Å². The van der Waals surface area contributed by atoms with Gasteiger partial charge in [-0.2, -0.15) is 0 Å². The first-order valence-corrected chi connectivity index (χ1v) is 6.36. The third kappa shape index (κ3) is 4.33. The molecule has 1 rings (SSSR count). The number of nitrogens with one attached hydrogen (secondary N) is 2. The number of amides is 1. The highest BCUT2D eigenvalue weighted by Crippen LogP contribution is 2.03. The molecular formula is C13H22N4O. The molecule has 0 saturated heterocycles. The van der Waals surface area contributed by atoms with Crippen LogP contribution in [-0.2, 0) is 0 Å². The molecule has 0 aromatic carbocycles. The molecule has 0 unspecified atom stereocenters. The van der Waals surface area contributed by atoms with Gasteiger partial charge in [0.1, 0.15) is 11.5 Å². The van der Waals surface area contributed by atoms with Crippen LogP contribution in [0.1, 0.15) is 24.3 Å². The lowest BCUT2D eigenvalue weighted by atomic mass is 10.3. The van der Waals surface area contributed by atoms with Gasteiger partial charge in [0.25, 0.3) is 5.91 Å². The Bertz CT molecular complexity index is 377. The van der Waals surface area contributed by atoms with E-state index in [4.69, 9.17) is 0 Å². The van der Waals surface area contributed by atoms with Crippen LogP contribution in [0.5, 0.6) is 0 Å². The van der Waals surface area contributed by atoms with Crippen LogP contribution in [-0.4, -0.2) is 49.0 Å². The van der Waals surface area contributed by atoms with Gasteiger partial charge in [-0.3, -0.25) is 4.79 Å². The second-order valence-corrected chi connectivity index (χ2v) is 3.94. The first-order chi connectivity index (χ1) is 8.71. The molecule has 1 aromatic rings. The molecule has 0 atom stereocenters. The van der Waals surface area contributed by atoms with E-state index in [2.05, 4.69) is 34.4 Å². The third-order valence-electron chi connectivity index (χ3n) is 2.85. The fraction of sp³-hybridized carbons (Fsp3) is 0.538. The smallest absolute Gasteiger partial charge is 0.270 e. The first kappa shape index (κ1) is 14.4. The van der Waals surface area contributed by atoms with Crippen molar-refractivity contribution < 1.29 is 4.79 Å². The van der Waals surface area contributed by atoms with Crippen molar-refractivity contribution >= 4 is 11.7 Å². The lowest BCUT2D eigenvalue weighted by molar-refractivity contribution is 0.0944. The molecular weight excluding hydrogens is 228 g/mol. The molecule has 0 radical (unpaired) electrons. The Balaban J connectivity index is 2.45. The number of anilines is 1. The molecule has 0 saturated carbocycles. The number of carbonyl (C=O) groups is 1. The standard InChI is InChI=1S/C13H22N4O/c1-4-17(5-2)10-9-15-13(18)11-7-6-8-12(14-3)16-11/h6-8H,4-5,9-10H2,1-3H3,(H,14,16)(H,15,18). The summed E-state index contributed by atoms with van der Waals surface area (Å²) >= 11 is 0. The minimum atomic E-state index is -0.126. The maximum absolute atomic E-state index is 11.9. The van der Waals surface area contributed by atoms with Crippen molar-refractivity contribution in [1.29, 1.82) is 0 Å². The number of aromatic nitrogens is 1. The molecule has 0 aliphatic rings. The maximum atomic E-state index is 11.9. The molecule has 1 aromatic heterocycles. The van der Waals surface area contributed by atoms with E-state index in [-0.39, 0.29) is 5.91 Å². The number of likely N-dealkylation sites (N-methyl/N-ethyl adjacent to an activating group) is 1. The van der Waals surface area contributed by atoms with Crippen molar-refractivity contribution in [3.05, 3.63) is 23.9 Å². The van der Waals surface area contributed by atoms with E-state index in [9.17, 15) is 4.79 Å². The van der Waals surface area contributed by atoms with Gasteiger partial charge in [0.2, 0.25) is 0 Å². The quantitative estimate of drug-likeness (QED) is 0.763. The summed E-state index contributed by atoms with van der Waals surface area (Å²) in [7, 11) is 1.78. The summed E-state index contributed by atoms with van der Waals surface area (Å²) in [6.07, 6.45) is 0. The fourth-order valence-corrected chi connectivity index (χ4v) is 1.66. The van der Waals surface area contributed by atoms with Crippen LogP contribution < -0.4 is 10.6 Å². The molecule has 1 heterocycles. The van der Waals surface area contributed by atoms with E-state index in [0.717, 1.165) is 19.6 Å². The van der Waals surface area contributed by atoms with Crippen molar-refractivity contribution in [2.24, 2.45) is 0 Å². The predicted octanol–water partition coefficient (Wildman–Crippen LogP) is 1.19. The predicted molar refractivity (Wildman–Crippen MR) is 73.9 cm³/mol. The molecule has 0 fully saturated rings. The highest BCUT2D eigenvalue weighted by molar-refractivity contribution is 5.92. The van der Waals surface area contributed by atoms with E-state index in [1.165, 1.54) is 0 Å². The molecule has 0 aliphatic heterocycles. The topological polar surface area (TPSA) is 57.3 Å². The highest BCUT2D eigenvalue weighted by Gasteiger charge is 2.07. The van der Waals surface area contributed by atoms with Gasteiger partial charge in [0.05, 0.1) is 0 Å². The molecule has 18 heavy (non-hydrogen) atoms. The largest absolute Gasteiger partial charge is 0.373 e. The Morgan fingerprint density at radius 3 is 2.67 bits per heavy atom. The Hall–Kier alpha value is -1.62. The Morgan fingerprint density at radius 1 is 1.33 bits per heavy atom. The summed E-state index contributed by atoms with van der Waals surface area (Å²) in [5, 5.41) is 5.79. The summed E-state index contributed by atoms with van der Waals surface area (Å²) < 4.78 is 0. The van der Waals surface area contributed by atoms with E-state index < -0.39 is 0 Å². The number of hydrogen-bond acceptors (Lipinski definition) is 4. The maximum Gasteiger partial charge on any atom is 0.270 e. The molecule has 100 valence electrons. The van der Waals surface area contributed by atoms with Gasteiger partial charge in [-0.25, -0.2) is 4.98 Å². The lowest BCUT2D eigenvalue weighted by Crippen LogP contribution is -2.35. The van der Waals surface area contributed by atoms with Crippen LogP contribution in [0.25, 0.3) is 0 Å². The van der Waals surface area contributed by atoms with Crippen LogP contribution in [0.3, 0.4) is 0 Å². The van der Waals surface area contributed by atoms with Gasteiger partial charge >= 0.3 is 0 Å². The van der Waals surface area contributed by atoms with Gasteiger partial charge < -0.3 is 15.5 Å². The summed E-state index contributed by atoms with van der Waals surface area (Å²) in [5.74, 6) is 0.575. The Morgan fingerprint density at radius 2 is 2.06 bits per heavy atom. The Labute approximate surface area is 109 Å². The van der Waals surface area contributed by atoms with Crippen molar-refractivity contribution in [3.8, 4) is 0 Å². The van der Waals surface area contributed by atoms with Crippen LogP contribution in [0.4, 0.5) is 5.82 Å². The van der Waals surface area contributed by atoms with Crippen LogP contribution in [0.2, 0.25) is 0 Å². The molecule has 0 bridgehead atoms. The minimum absolute atomic E-state index is 0.126. The van der Waals surface area contributed by atoms with Crippen LogP contribution in [0, 0.1) is 0 Å². The van der Waals surface area contributed by atoms with E-state index in [0.29, 0.717) is 18.1 Å². The van der Waals surface area contributed by atoms with Gasteiger partial charge in [-0.05, 0) is 25.2 Å². The highest BCUT2D eigenvalue weighted by atomic mass is 16.1. The van der Waals surface area contributed by atoms with E-state index in [1.807, 2.05) is 12.1 Å². The van der Waals surface area contributed by atoms with Crippen molar-refractivity contribution in [3.63, 3.8) is 0 Å². The second-order valence-electron chi connectivity index (χ2n) is 3.94. The van der Waals surface area contributed by atoms with Crippen LogP contribution in [0.15, 0.2) is 18.2 Å². The van der Waals surface area contributed by atoms with Gasteiger partial charge in [-0.15, -0.1) is 0 Å². The van der Waals surface area contributed by atoms with Crippen LogP contribution >= 0.6 is 0 Å². The molecule has 1 amide bonds. The SMILES string of the molecule is CCN(CC)CCNC(=O)c1cccc(NC)n1. The molecule has 0 aliphatic carbocycles. The minimum Gasteiger partial charge on any atom is -0.373 e. The number of hydrogen-bond donors (Lipinski definition) is 2. The van der Waals surface area contributed by atoms with Gasteiger partial charge in [0, 0.05) is 20.1 Å². The third-order valence-corrected chi connectivity index (χ3v) is 2.85. The van der Waals surface area contributed by atoms with Gasteiger partial charge in [-0.1, -0.05) is 19.9 Å².